The molecule has 6 nitrogen and oxygen atoms in total. The number of nitrogens with one attached hydrogen (secondary N) is 1. The Morgan fingerprint density at radius 3 is 3.00 bits per heavy atom. The highest BCUT2D eigenvalue weighted by Crippen LogP contribution is 2.23. The molecule has 0 saturated carbocycles. The second-order valence-electron chi connectivity index (χ2n) is 4.81. The van der Waals surface area contributed by atoms with Gasteiger partial charge in [-0.2, -0.15) is 0 Å². The minimum atomic E-state index is -0.862. The summed E-state index contributed by atoms with van der Waals surface area (Å²) in [6.45, 7) is 2.13. The van der Waals surface area contributed by atoms with Gasteiger partial charge in [0.1, 0.15) is 0 Å². The molecule has 0 aliphatic heterocycles. The van der Waals surface area contributed by atoms with Crippen molar-refractivity contribution in [2.24, 2.45) is 5.92 Å². The van der Waals surface area contributed by atoms with E-state index in [2.05, 4.69) is 10.3 Å². The molecule has 0 aliphatic carbocycles. The van der Waals surface area contributed by atoms with E-state index in [9.17, 15) is 9.59 Å². The number of rotatable bonds is 7. The summed E-state index contributed by atoms with van der Waals surface area (Å²) in [7, 11) is 0. The van der Waals surface area contributed by atoms with Gasteiger partial charge in [-0.25, -0.2) is 4.98 Å². The fourth-order valence-corrected chi connectivity index (χ4v) is 2.57. The summed E-state index contributed by atoms with van der Waals surface area (Å²) in [5.41, 5.74) is 0.676. The molecule has 2 heterocycles. The van der Waals surface area contributed by atoms with E-state index < -0.39 is 5.97 Å². The maximum absolute atomic E-state index is 11.8. The van der Waals surface area contributed by atoms with Gasteiger partial charge >= 0.3 is 5.97 Å². The van der Waals surface area contributed by atoms with Crippen LogP contribution in [0.1, 0.15) is 19.0 Å². The lowest BCUT2D eigenvalue weighted by molar-refractivity contribution is -0.138. The van der Waals surface area contributed by atoms with Crippen molar-refractivity contribution in [3.05, 3.63) is 29.5 Å². The average Bonchev–Trinajstić information content (AvgIpc) is 3.05. The first-order valence-electron chi connectivity index (χ1n) is 6.51. The maximum atomic E-state index is 11.8. The number of thiazole rings is 1. The van der Waals surface area contributed by atoms with E-state index in [0.717, 1.165) is 5.01 Å². The third-order valence-corrected chi connectivity index (χ3v) is 3.70. The van der Waals surface area contributed by atoms with E-state index in [1.807, 2.05) is 11.4 Å². The second-order valence-corrected chi connectivity index (χ2v) is 5.66. The Balaban J connectivity index is 1.82. The molecule has 112 valence electrons. The first-order chi connectivity index (χ1) is 10.0. The van der Waals surface area contributed by atoms with Crippen LogP contribution in [0.25, 0.3) is 10.8 Å². The molecular weight excluding hydrogens is 292 g/mol. The molecule has 0 aromatic carbocycles. The quantitative estimate of drug-likeness (QED) is 0.818. The number of aliphatic carboxylic acids is 1. The van der Waals surface area contributed by atoms with Gasteiger partial charge in [0, 0.05) is 18.3 Å². The van der Waals surface area contributed by atoms with Crippen LogP contribution < -0.4 is 5.32 Å². The van der Waals surface area contributed by atoms with Crippen molar-refractivity contribution in [1.29, 1.82) is 0 Å². The SMILES string of the molecule is CC(CNC(=O)Cc1csc(-c2ccco2)n1)CC(=O)O. The zero-order chi connectivity index (χ0) is 15.2. The first kappa shape index (κ1) is 15.2. The third kappa shape index (κ3) is 4.71. The zero-order valence-corrected chi connectivity index (χ0v) is 12.4. The molecular formula is C14H16N2O4S. The van der Waals surface area contributed by atoms with Gasteiger partial charge in [-0.05, 0) is 18.1 Å². The Morgan fingerprint density at radius 1 is 1.52 bits per heavy atom. The molecule has 0 aliphatic rings. The lowest BCUT2D eigenvalue weighted by atomic mass is 10.1. The van der Waals surface area contributed by atoms with E-state index in [4.69, 9.17) is 9.52 Å². The van der Waals surface area contributed by atoms with E-state index in [1.165, 1.54) is 11.3 Å². The molecule has 2 rings (SSSR count). The Labute approximate surface area is 125 Å². The summed E-state index contributed by atoms with van der Waals surface area (Å²) in [5, 5.41) is 13.9. The molecule has 21 heavy (non-hydrogen) atoms. The number of hydrogen-bond acceptors (Lipinski definition) is 5. The van der Waals surface area contributed by atoms with Crippen LogP contribution in [-0.4, -0.2) is 28.5 Å². The number of furan rings is 1. The van der Waals surface area contributed by atoms with Gasteiger partial charge in [0.15, 0.2) is 10.8 Å². The molecule has 1 unspecified atom stereocenters. The van der Waals surface area contributed by atoms with Gasteiger partial charge in [-0.1, -0.05) is 6.92 Å². The Hall–Kier alpha value is -2.15. The molecule has 7 heteroatoms. The fraction of sp³-hybridized carbons (Fsp3) is 0.357. The van der Waals surface area contributed by atoms with Crippen molar-refractivity contribution in [1.82, 2.24) is 10.3 Å². The van der Waals surface area contributed by atoms with Gasteiger partial charge in [-0.15, -0.1) is 11.3 Å². The highest BCUT2D eigenvalue weighted by molar-refractivity contribution is 7.13. The van der Waals surface area contributed by atoms with Crippen molar-refractivity contribution in [3.63, 3.8) is 0 Å². The third-order valence-electron chi connectivity index (χ3n) is 2.80. The fourth-order valence-electron chi connectivity index (χ4n) is 1.79. The molecule has 2 aromatic heterocycles. The summed E-state index contributed by atoms with van der Waals surface area (Å²) in [4.78, 5) is 26.6. The monoisotopic (exact) mass is 308 g/mol. The largest absolute Gasteiger partial charge is 0.481 e. The Morgan fingerprint density at radius 2 is 2.33 bits per heavy atom. The number of amides is 1. The minimum Gasteiger partial charge on any atom is -0.481 e. The zero-order valence-electron chi connectivity index (χ0n) is 11.5. The van der Waals surface area contributed by atoms with Crippen LogP contribution >= 0.6 is 11.3 Å². The smallest absolute Gasteiger partial charge is 0.303 e. The number of carboxylic acid groups (broad SMARTS) is 1. The molecule has 2 aromatic rings. The Kier molecular flexibility index (Phi) is 5.10. The number of hydrogen-bond donors (Lipinski definition) is 2. The van der Waals surface area contributed by atoms with Crippen LogP contribution in [0.15, 0.2) is 28.2 Å². The summed E-state index contributed by atoms with van der Waals surface area (Å²) in [5.74, 6) is -0.440. The summed E-state index contributed by atoms with van der Waals surface area (Å²) >= 11 is 1.42. The highest BCUT2D eigenvalue weighted by Gasteiger charge is 2.12. The standard InChI is InChI=1S/C14H16N2O4S/c1-9(5-13(18)19)7-15-12(17)6-10-8-21-14(16-10)11-3-2-4-20-11/h2-4,8-9H,5-7H2,1H3,(H,15,17)(H,18,19). The lowest BCUT2D eigenvalue weighted by Gasteiger charge is -2.09. The number of carboxylic acids is 1. The topological polar surface area (TPSA) is 92.4 Å². The predicted molar refractivity (Wildman–Crippen MR) is 77.9 cm³/mol. The number of carbonyl (C=O) groups is 2. The van der Waals surface area contributed by atoms with Gasteiger partial charge < -0.3 is 14.8 Å². The van der Waals surface area contributed by atoms with Crippen molar-refractivity contribution in [2.75, 3.05) is 6.54 Å². The molecule has 0 fully saturated rings. The number of aromatic nitrogens is 1. The number of nitrogens with zero attached hydrogens (tertiary/aromatic N) is 1. The van der Waals surface area contributed by atoms with Crippen LogP contribution in [0.2, 0.25) is 0 Å². The predicted octanol–water partition coefficient (Wildman–Crippen LogP) is 2.17. The van der Waals surface area contributed by atoms with Crippen LogP contribution in [-0.2, 0) is 16.0 Å². The summed E-state index contributed by atoms with van der Waals surface area (Å²) in [6.07, 6.45) is 1.80. The average molecular weight is 308 g/mol. The van der Waals surface area contributed by atoms with Crippen molar-refractivity contribution >= 4 is 23.2 Å². The highest BCUT2D eigenvalue weighted by atomic mass is 32.1. The molecule has 1 atom stereocenters. The van der Waals surface area contributed by atoms with Crippen molar-refractivity contribution < 1.29 is 19.1 Å². The van der Waals surface area contributed by atoms with E-state index in [0.29, 0.717) is 18.0 Å². The van der Waals surface area contributed by atoms with Crippen molar-refractivity contribution in [3.8, 4) is 10.8 Å². The molecule has 0 saturated heterocycles. The van der Waals surface area contributed by atoms with E-state index >= 15 is 0 Å². The van der Waals surface area contributed by atoms with Gasteiger partial charge in [0.05, 0.1) is 18.4 Å². The van der Waals surface area contributed by atoms with Crippen LogP contribution in [0.4, 0.5) is 0 Å². The molecule has 2 N–H and O–H groups in total. The summed E-state index contributed by atoms with van der Waals surface area (Å²) < 4.78 is 5.25. The van der Waals surface area contributed by atoms with Crippen LogP contribution in [0, 0.1) is 5.92 Å². The van der Waals surface area contributed by atoms with Crippen molar-refractivity contribution in [2.45, 2.75) is 19.8 Å². The van der Waals surface area contributed by atoms with Crippen LogP contribution in [0.3, 0.4) is 0 Å². The Bertz CT molecular complexity index is 606. The normalized spacial score (nSPS) is 12.0. The van der Waals surface area contributed by atoms with Crippen LogP contribution in [0.5, 0.6) is 0 Å². The maximum Gasteiger partial charge on any atom is 0.303 e. The molecule has 0 spiro atoms. The van der Waals surface area contributed by atoms with Gasteiger partial charge in [0.25, 0.3) is 0 Å². The molecule has 0 radical (unpaired) electrons. The molecule has 0 bridgehead atoms. The van der Waals surface area contributed by atoms with Gasteiger partial charge in [0.2, 0.25) is 5.91 Å². The number of carbonyl (C=O) groups excluding carboxylic acids is 1. The van der Waals surface area contributed by atoms with Gasteiger partial charge in [-0.3, -0.25) is 9.59 Å². The van der Waals surface area contributed by atoms with E-state index in [-0.39, 0.29) is 24.7 Å². The lowest BCUT2D eigenvalue weighted by Crippen LogP contribution is -2.30. The van der Waals surface area contributed by atoms with E-state index in [1.54, 1.807) is 19.3 Å². The molecule has 1 amide bonds. The first-order valence-corrected chi connectivity index (χ1v) is 7.39. The minimum absolute atomic E-state index is 0.0413. The summed E-state index contributed by atoms with van der Waals surface area (Å²) in [6, 6.07) is 3.60. The second kappa shape index (κ2) is 7.03.